The van der Waals surface area contributed by atoms with Crippen LogP contribution in [0.15, 0.2) is 16.5 Å². The molecule has 17 heavy (non-hydrogen) atoms. The fourth-order valence-corrected chi connectivity index (χ4v) is 1.88. The molecule has 1 heterocycles. The van der Waals surface area contributed by atoms with Crippen LogP contribution in [0.1, 0.15) is 38.2 Å². The number of hydrogen-bond acceptors (Lipinski definition) is 3. The van der Waals surface area contributed by atoms with Crippen LogP contribution in [-0.2, 0) is 11.3 Å². The summed E-state index contributed by atoms with van der Waals surface area (Å²) in [6.45, 7) is 6.76. The fraction of sp³-hybridized carbons (Fsp3) is 0.615. The lowest BCUT2D eigenvalue weighted by Crippen LogP contribution is -2.39. The van der Waals surface area contributed by atoms with Crippen molar-refractivity contribution in [2.24, 2.45) is 5.41 Å². The van der Waals surface area contributed by atoms with Crippen molar-refractivity contribution in [3.8, 4) is 0 Å². The number of rotatable bonds is 7. The molecule has 0 aliphatic rings. The molecule has 96 valence electrons. The van der Waals surface area contributed by atoms with Gasteiger partial charge in [0.25, 0.3) is 0 Å². The first-order valence-corrected chi connectivity index (χ1v) is 6.03. The van der Waals surface area contributed by atoms with Crippen molar-refractivity contribution in [1.29, 1.82) is 0 Å². The number of furan rings is 1. The Labute approximate surface area is 102 Å². The Kier molecular flexibility index (Phi) is 4.75. The van der Waals surface area contributed by atoms with Gasteiger partial charge in [0.05, 0.1) is 12.0 Å². The summed E-state index contributed by atoms with van der Waals surface area (Å²) in [4.78, 5) is 11.3. The van der Waals surface area contributed by atoms with Gasteiger partial charge in [0.15, 0.2) is 0 Å². The van der Waals surface area contributed by atoms with Gasteiger partial charge in [-0.2, -0.15) is 0 Å². The monoisotopic (exact) mass is 239 g/mol. The van der Waals surface area contributed by atoms with Gasteiger partial charge in [0.1, 0.15) is 11.5 Å². The highest BCUT2D eigenvalue weighted by Gasteiger charge is 2.34. The van der Waals surface area contributed by atoms with E-state index in [2.05, 4.69) is 5.32 Å². The van der Waals surface area contributed by atoms with E-state index in [0.29, 0.717) is 25.9 Å². The van der Waals surface area contributed by atoms with Crippen LogP contribution in [-0.4, -0.2) is 17.6 Å². The third-order valence-corrected chi connectivity index (χ3v) is 3.37. The molecule has 0 atom stereocenters. The summed E-state index contributed by atoms with van der Waals surface area (Å²) in [6, 6.07) is 3.81. The van der Waals surface area contributed by atoms with Gasteiger partial charge < -0.3 is 14.8 Å². The summed E-state index contributed by atoms with van der Waals surface area (Å²) < 4.78 is 5.42. The topological polar surface area (TPSA) is 62.5 Å². The first-order chi connectivity index (χ1) is 8.04. The van der Waals surface area contributed by atoms with Gasteiger partial charge in [0, 0.05) is 6.54 Å². The normalized spacial score (nSPS) is 11.7. The van der Waals surface area contributed by atoms with Crippen LogP contribution in [0.2, 0.25) is 0 Å². The van der Waals surface area contributed by atoms with E-state index in [0.717, 1.165) is 11.5 Å². The molecule has 0 spiro atoms. The maximum Gasteiger partial charge on any atom is 0.310 e. The summed E-state index contributed by atoms with van der Waals surface area (Å²) in [7, 11) is 0. The number of carbonyl (C=O) groups is 1. The van der Waals surface area contributed by atoms with Crippen LogP contribution in [0.3, 0.4) is 0 Å². The molecular formula is C13H21NO3. The second-order valence-electron chi connectivity index (χ2n) is 4.41. The van der Waals surface area contributed by atoms with Crippen molar-refractivity contribution in [3.63, 3.8) is 0 Å². The molecule has 0 saturated heterocycles. The number of aryl methyl sites for hydroxylation is 1. The Bertz CT molecular complexity index is 366. The molecule has 0 bridgehead atoms. The van der Waals surface area contributed by atoms with Crippen molar-refractivity contribution < 1.29 is 14.3 Å². The predicted octanol–water partition coefficient (Wildman–Crippen LogP) is 2.57. The molecule has 0 aliphatic carbocycles. The molecule has 1 aromatic rings. The molecule has 4 heteroatoms. The zero-order valence-electron chi connectivity index (χ0n) is 10.7. The van der Waals surface area contributed by atoms with Gasteiger partial charge in [0.2, 0.25) is 0 Å². The Morgan fingerprint density at radius 2 is 2.06 bits per heavy atom. The van der Waals surface area contributed by atoms with Gasteiger partial charge in [-0.15, -0.1) is 0 Å². The summed E-state index contributed by atoms with van der Waals surface area (Å²) in [5, 5.41) is 12.4. The van der Waals surface area contributed by atoms with Gasteiger partial charge in [-0.25, -0.2) is 0 Å². The Morgan fingerprint density at radius 3 is 2.47 bits per heavy atom. The average molecular weight is 239 g/mol. The Morgan fingerprint density at radius 1 is 1.41 bits per heavy atom. The maximum atomic E-state index is 11.3. The van der Waals surface area contributed by atoms with Crippen molar-refractivity contribution in [1.82, 2.24) is 5.32 Å². The second kappa shape index (κ2) is 5.87. The molecule has 4 nitrogen and oxygen atoms in total. The van der Waals surface area contributed by atoms with Gasteiger partial charge in [-0.1, -0.05) is 13.8 Å². The lowest BCUT2D eigenvalue weighted by Gasteiger charge is -2.26. The van der Waals surface area contributed by atoms with Crippen LogP contribution in [0, 0.1) is 12.3 Å². The van der Waals surface area contributed by atoms with Gasteiger partial charge in [-0.3, -0.25) is 4.79 Å². The summed E-state index contributed by atoms with van der Waals surface area (Å²) in [6.07, 6.45) is 1.26. The molecule has 1 rings (SSSR count). The van der Waals surface area contributed by atoms with E-state index in [9.17, 15) is 9.90 Å². The van der Waals surface area contributed by atoms with Crippen molar-refractivity contribution in [2.75, 3.05) is 6.54 Å². The van der Waals surface area contributed by atoms with E-state index in [4.69, 9.17) is 4.42 Å². The summed E-state index contributed by atoms with van der Waals surface area (Å²) in [5.41, 5.74) is -0.665. The van der Waals surface area contributed by atoms with Crippen LogP contribution in [0.25, 0.3) is 0 Å². The minimum atomic E-state index is -0.731. The van der Waals surface area contributed by atoms with E-state index in [1.807, 2.05) is 32.9 Å². The van der Waals surface area contributed by atoms with Crippen molar-refractivity contribution in [3.05, 3.63) is 23.7 Å². The quantitative estimate of drug-likeness (QED) is 0.767. The summed E-state index contributed by atoms with van der Waals surface area (Å²) in [5.74, 6) is 0.983. The smallest absolute Gasteiger partial charge is 0.310 e. The zero-order valence-corrected chi connectivity index (χ0v) is 10.7. The molecule has 0 saturated carbocycles. The van der Waals surface area contributed by atoms with E-state index in [1.165, 1.54) is 0 Å². The zero-order chi connectivity index (χ0) is 12.9. The third-order valence-electron chi connectivity index (χ3n) is 3.37. The Balaban J connectivity index is 2.50. The van der Waals surface area contributed by atoms with Crippen LogP contribution < -0.4 is 5.32 Å². The molecule has 0 amide bonds. The van der Waals surface area contributed by atoms with Crippen molar-refractivity contribution >= 4 is 5.97 Å². The van der Waals surface area contributed by atoms with E-state index >= 15 is 0 Å². The number of carboxylic acids is 1. The molecule has 0 unspecified atom stereocenters. The number of aliphatic carboxylic acids is 1. The molecule has 0 radical (unpaired) electrons. The first-order valence-electron chi connectivity index (χ1n) is 6.03. The lowest BCUT2D eigenvalue weighted by atomic mass is 9.82. The first kappa shape index (κ1) is 13.8. The Hall–Kier alpha value is -1.29. The molecule has 0 aromatic carbocycles. The van der Waals surface area contributed by atoms with E-state index in [1.54, 1.807) is 0 Å². The molecule has 0 aliphatic heterocycles. The minimum Gasteiger partial charge on any atom is -0.481 e. The standard InChI is InChI=1S/C13H21NO3/c1-4-13(5-2,12(15)16)9-14-8-11-7-6-10(3)17-11/h6-7,14H,4-5,8-9H2,1-3H3,(H,15,16). The van der Waals surface area contributed by atoms with Crippen LogP contribution >= 0.6 is 0 Å². The fourth-order valence-electron chi connectivity index (χ4n) is 1.88. The second-order valence-corrected chi connectivity index (χ2v) is 4.41. The highest BCUT2D eigenvalue weighted by Crippen LogP contribution is 2.25. The van der Waals surface area contributed by atoms with E-state index < -0.39 is 11.4 Å². The maximum absolute atomic E-state index is 11.3. The highest BCUT2D eigenvalue weighted by atomic mass is 16.4. The van der Waals surface area contributed by atoms with Gasteiger partial charge >= 0.3 is 5.97 Å². The molecule has 1 aromatic heterocycles. The lowest BCUT2D eigenvalue weighted by molar-refractivity contribution is -0.149. The molecular weight excluding hydrogens is 218 g/mol. The van der Waals surface area contributed by atoms with Crippen LogP contribution in [0.4, 0.5) is 0 Å². The number of hydrogen-bond donors (Lipinski definition) is 2. The predicted molar refractivity (Wildman–Crippen MR) is 65.8 cm³/mol. The van der Waals surface area contributed by atoms with Crippen molar-refractivity contribution in [2.45, 2.75) is 40.2 Å². The van der Waals surface area contributed by atoms with Gasteiger partial charge in [-0.05, 0) is 31.9 Å². The van der Waals surface area contributed by atoms with E-state index in [-0.39, 0.29) is 0 Å². The summed E-state index contributed by atoms with van der Waals surface area (Å²) >= 11 is 0. The SMILES string of the molecule is CCC(CC)(CNCc1ccc(C)o1)C(=O)O. The largest absolute Gasteiger partial charge is 0.481 e. The third kappa shape index (κ3) is 3.33. The number of carboxylic acid groups (broad SMARTS) is 1. The molecule has 2 N–H and O–H groups in total. The highest BCUT2D eigenvalue weighted by molar-refractivity contribution is 5.74. The average Bonchev–Trinajstić information content (AvgIpc) is 2.70. The molecule has 0 fully saturated rings. The minimum absolute atomic E-state index is 0.467. The van der Waals surface area contributed by atoms with Crippen LogP contribution in [0.5, 0.6) is 0 Å². The number of nitrogens with one attached hydrogen (secondary N) is 1.